The van der Waals surface area contributed by atoms with E-state index in [0.29, 0.717) is 11.7 Å². The number of hydrogen-bond donors (Lipinski definition) is 0. The predicted octanol–water partition coefficient (Wildman–Crippen LogP) is 3.84. The summed E-state index contributed by atoms with van der Waals surface area (Å²) in [5.74, 6) is 0.914. The number of carbonyl (C=O) groups excluding carboxylic acids is 1. The summed E-state index contributed by atoms with van der Waals surface area (Å²) in [6.45, 7) is 6.48. The first-order valence-corrected chi connectivity index (χ1v) is 6.17. The molecule has 1 unspecified atom stereocenters. The number of ketones is 1. The number of rotatable bonds is 1. The first-order chi connectivity index (χ1) is 7.58. The summed E-state index contributed by atoms with van der Waals surface area (Å²) in [5, 5.41) is 0. The molecule has 0 spiro atoms. The third-order valence-electron chi connectivity index (χ3n) is 3.63. The minimum Gasteiger partial charge on any atom is -0.300 e. The topological polar surface area (TPSA) is 17.1 Å². The van der Waals surface area contributed by atoms with E-state index in [1.165, 1.54) is 28.7 Å². The molecule has 0 amide bonds. The van der Waals surface area contributed by atoms with E-state index in [9.17, 15) is 4.79 Å². The highest BCUT2D eigenvalue weighted by Crippen LogP contribution is 2.35. The van der Waals surface area contributed by atoms with Crippen molar-refractivity contribution in [3.63, 3.8) is 0 Å². The van der Waals surface area contributed by atoms with Gasteiger partial charge in [-0.15, -0.1) is 0 Å². The Morgan fingerprint density at radius 2 is 1.75 bits per heavy atom. The maximum atomic E-state index is 11.5. The number of hydrogen-bond acceptors (Lipinski definition) is 1. The summed E-state index contributed by atoms with van der Waals surface area (Å²) < 4.78 is 0. The van der Waals surface area contributed by atoms with Crippen LogP contribution >= 0.6 is 0 Å². The average Bonchev–Trinajstić information content (AvgIpc) is 2.15. The molecular formula is C15H20O. The van der Waals surface area contributed by atoms with Crippen LogP contribution in [0.25, 0.3) is 0 Å². The van der Waals surface area contributed by atoms with Gasteiger partial charge in [0.1, 0.15) is 5.78 Å². The van der Waals surface area contributed by atoms with Gasteiger partial charge in [-0.2, -0.15) is 0 Å². The summed E-state index contributed by atoms with van der Waals surface area (Å²) in [4.78, 5) is 11.5. The highest BCUT2D eigenvalue weighted by molar-refractivity contribution is 5.80. The molecule has 16 heavy (non-hydrogen) atoms. The van der Waals surface area contributed by atoms with E-state index >= 15 is 0 Å². The molecule has 1 aromatic carbocycles. The number of aryl methyl sites for hydroxylation is 3. The van der Waals surface area contributed by atoms with Crippen LogP contribution in [0.4, 0.5) is 0 Å². The van der Waals surface area contributed by atoms with Crippen molar-refractivity contribution in [2.45, 2.75) is 52.4 Å². The maximum Gasteiger partial charge on any atom is 0.133 e. The fourth-order valence-corrected chi connectivity index (χ4v) is 3.11. The lowest BCUT2D eigenvalue weighted by atomic mass is 9.79. The van der Waals surface area contributed by atoms with Gasteiger partial charge in [0, 0.05) is 12.8 Å². The Bertz CT molecular complexity index is 394. The average molecular weight is 216 g/mol. The van der Waals surface area contributed by atoms with Crippen LogP contribution in [0, 0.1) is 20.8 Å². The first-order valence-electron chi connectivity index (χ1n) is 6.17. The van der Waals surface area contributed by atoms with Crippen LogP contribution < -0.4 is 0 Å². The van der Waals surface area contributed by atoms with Gasteiger partial charge in [0.25, 0.3) is 0 Å². The molecule has 0 aromatic heterocycles. The van der Waals surface area contributed by atoms with Gasteiger partial charge in [-0.05, 0) is 56.2 Å². The molecule has 0 saturated heterocycles. The van der Waals surface area contributed by atoms with Crippen molar-refractivity contribution in [1.82, 2.24) is 0 Å². The molecule has 1 aromatic rings. The van der Waals surface area contributed by atoms with E-state index in [4.69, 9.17) is 0 Å². The van der Waals surface area contributed by atoms with E-state index in [1.54, 1.807) is 0 Å². The van der Waals surface area contributed by atoms with Crippen molar-refractivity contribution >= 4 is 5.78 Å². The van der Waals surface area contributed by atoms with Crippen molar-refractivity contribution < 1.29 is 4.79 Å². The van der Waals surface area contributed by atoms with Crippen molar-refractivity contribution in [2.75, 3.05) is 0 Å². The lowest BCUT2D eigenvalue weighted by molar-refractivity contribution is -0.120. The summed E-state index contributed by atoms with van der Waals surface area (Å²) >= 11 is 0. The minimum atomic E-state index is 0.440. The monoisotopic (exact) mass is 216 g/mol. The molecule has 86 valence electrons. The summed E-state index contributed by atoms with van der Waals surface area (Å²) in [5.41, 5.74) is 5.47. The Morgan fingerprint density at radius 3 is 2.31 bits per heavy atom. The van der Waals surface area contributed by atoms with E-state index < -0.39 is 0 Å². The third kappa shape index (κ3) is 2.18. The Hall–Kier alpha value is -1.11. The number of benzene rings is 1. The quantitative estimate of drug-likeness (QED) is 0.697. The molecule has 1 saturated carbocycles. The largest absolute Gasteiger partial charge is 0.300 e. The second-order valence-electron chi connectivity index (χ2n) is 5.14. The summed E-state index contributed by atoms with van der Waals surface area (Å²) in [7, 11) is 0. The first kappa shape index (κ1) is 11.4. The van der Waals surface area contributed by atoms with E-state index in [0.717, 1.165) is 19.3 Å². The molecule has 0 aliphatic heterocycles. The molecule has 0 bridgehead atoms. The number of Topliss-reactive ketones (excluding diaryl/α,β-unsaturated/α-hetero) is 1. The molecule has 1 aliphatic rings. The predicted molar refractivity (Wildman–Crippen MR) is 66.9 cm³/mol. The van der Waals surface area contributed by atoms with Crippen molar-refractivity contribution in [2.24, 2.45) is 0 Å². The molecule has 1 heteroatoms. The molecule has 1 nitrogen and oxygen atoms in total. The van der Waals surface area contributed by atoms with Crippen LogP contribution in [0.5, 0.6) is 0 Å². The summed E-state index contributed by atoms with van der Waals surface area (Å²) in [6, 6.07) is 4.48. The zero-order valence-corrected chi connectivity index (χ0v) is 10.5. The molecule has 0 heterocycles. The minimum absolute atomic E-state index is 0.440. The Morgan fingerprint density at radius 1 is 1.12 bits per heavy atom. The highest BCUT2D eigenvalue weighted by Gasteiger charge is 2.23. The molecule has 1 atom stereocenters. The van der Waals surface area contributed by atoms with Crippen molar-refractivity contribution in [3.8, 4) is 0 Å². The third-order valence-corrected chi connectivity index (χ3v) is 3.63. The van der Waals surface area contributed by atoms with Gasteiger partial charge in [0.2, 0.25) is 0 Å². The molecule has 1 aliphatic carbocycles. The van der Waals surface area contributed by atoms with E-state index in [2.05, 4.69) is 32.9 Å². The lowest BCUT2D eigenvalue weighted by Gasteiger charge is -2.25. The van der Waals surface area contributed by atoms with Crippen molar-refractivity contribution in [1.29, 1.82) is 0 Å². The SMILES string of the molecule is Cc1cc(C)c(C2CCCC(=O)C2)c(C)c1. The highest BCUT2D eigenvalue weighted by atomic mass is 16.1. The van der Waals surface area contributed by atoms with Gasteiger partial charge in [0.15, 0.2) is 0 Å². The van der Waals surface area contributed by atoms with Crippen LogP contribution in [0.15, 0.2) is 12.1 Å². The van der Waals surface area contributed by atoms with Crippen LogP contribution in [0.1, 0.15) is 53.9 Å². The van der Waals surface area contributed by atoms with Crippen LogP contribution in [0.2, 0.25) is 0 Å². The molecule has 2 rings (SSSR count). The van der Waals surface area contributed by atoms with Crippen molar-refractivity contribution in [3.05, 3.63) is 34.4 Å². The molecular weight excluding hydrogens is 196 g/mol. The summed E-state index contributed by atoms with van der Waals surface area (Å²) in [6.07, 6.45) is 3.79. The van der Waals surface area contributed by atoms with Gasteiger partial charge in [-0.1, -0.05) is 17.7 Å². The Labute approximate surface area is 97.9 Å². The van der Waals surface area contributed by atoms with Gasteiger partial charge in [-0.25, -0.2) is 0 Å². The van der Waals surface area contributed by atoms with Gasteiger partial charge in [-0.3, -0.25) is 4.79 Å². The second-order valence-corrected chi connectivity index (χ2v) is 5.14. The maximum absolute atomic E-state index is 11.5. The second kappa shape index (κ2) is 4.40. The zero-order chi connectivity index (χ0) is 11.7. The van der Waals surface area contributed by atoms with Gasteiger partial charge >= 0.3 is 0 Å². The van der Waals surface area contributed by atoms with E-state index in [-0.39, 0.29) is 0 Å². The smallest absolute Gasteiger partial charge is 0.133 e. The fourth-order valence-electron chi connectivity index (χ4n) is 3.11. The normalized spacial score (nSPS) is 21.2. The van der Waals surface area contributed by atoms with Gasteiger partial charge in [0.05, 0.1) is 0 Å². The molecule has 0 radical (unpaired) electrons. The van der Waals surface area contributed by atoms with Crippen LogP contribution in [-0.2, 0) is 4.79 Å². The molecule has 1 fully saturated rings. The van der Waals surface area contributed by atoms with Gasteiger partial charge < -0.3 is 0 Å². The Kier molecular flexibility index (Phi) is 3.13. The van der Waals surface area contributed by atoms with E-state index in [1.807, 2.05) is 0 Å². The molecule has 0 N–H and O–H groups in total. The zero-order valence-electron chi connectivity index (χ0n) is 10.5. The van der Waals surface area contributed by atoms with Crippen LogP contribution in [-0.4, -0.2) is 5.78 Å². The lowest BCUT2D eigenvalue weighted by Crippen LogP contribution is -2.15. The number of carbonyl (C=O) groups is 1. The standard InChI is InChI=1S/C15H20O/c1-10-7-11(2)15(12(3)8-10)13-5-4-6-14(16)9-13/h7-8,13H,4-6,9H2,1-3H3. The van der Waals surface area contributed by atoms with Crippen LogP contribution in [0.3, 0.4) is 0 Å². The Balaban J connectivity index is 2.35. The fraction of sp³-hybridized carbons (Fsp3) is 0.533.